The number of carbonyl (C=O) groups is 2. The number of carbonyl (C=O) groups excluding carboxylic acids is 2. The van der Waals surface area contributed by atoms with Crippen LogP contribution in [0.4, 0.5) is 11.4 Å². The van der Waals surface area contributed by atoms with Gasteiger partial charge in [-0.1, -0.05) is 18.5 Å². The van der Waals surface area contributed by atoms with Gasteiger partial charge < -0.3 is 19.9 Å². The molecule has 0 aliphatic carbocycles. The highest BCUT2D eigenvalue weighted by molar-refractivity contribution is 6.30. The predicted octanol–water partition coefficient (Wildman–Crippen LogP) is 4.30. The molecule has 0 atom stereocenters. The molecule has 1 aliphatic rings. The van der Waals surface area contributed by atoms with Gasteiger partial charge in [-0.25, -0.2) is 0 Å². The van der Waals surface area contributed by atoms with Crippen molar-refractivity contribution in [2.75, 3.05) is 44.0 Å². The van der Waals surface area contributed by atoms with Crippen LogP contribution in [0.25, 0.3) is 0 Å². The van der Waals surface area contributed by atoms with Crippen molar-refractivity contribution >= 4 is 34.8 Å². The summed E-state index contributed by atoms with van der Waals surface area (Å²) < 4.78 is 5.49. The molecule has 0 spiro atoms. The summed E-state index contributed by atoms with van der Waals surface area (Å²) in [6.45, 7) is 3.61. The molecule has 2 aromatic rings. The Labute approximate surface area is 182 Å². The fraction of sp³-hybridized carbons (Fsp3) is 0.391. The molecule has 0 unspecified atom stereocenters. The molecule has 3 rings (SSSR count). The topological polar surface area (TPSA) is 61.9 Å². The molecular weight excluding hydrogens is 402 g/mol. The van der Waals surface area contributed by atoms with Crippen LogP contribution in [-0.4, -0.2) is 50.5 Å². The maximum atomic E-state index is 13.2. The SMILES string of the molecule is CC1CCN(C(=O)c2cc(NC(=O)COc3ccc(Cl)cc3)ccc2N(C)C)CC1. The number of piperidine rings is 1. The molecule has 0 bridgehead atoms. The lowest BCUT2D eigenvalue weighted by molar-refractivity contribution is -0.118. The minimum absolute atomic E-state index is 0.000821. The van der Waals surface area contributed by atoms with Crippen molar-refractivity contribution in [3.05, 3.63) is 53.1 Å². The smallest absolute Gasteiger partial charge is 0.262 e. The number of rotatable bonds is 6. The third kappa shape index (κ3) is 5.66. The van der Waals surface area contributed by atoms with E-state index in [0.29, 0.717) is 27.9 Å². The van der Waals surface area contributed by atoms with Crippen LogP contribution < -0.4 is 15.0 Å². The van der Waals surface area contributed by atoms with E-state index in [-0.39, 0.29) is 18.4 Å². The third-order valence-corrected chi connectivity index (χ3v) is 5.50. The number of hydrogen-bond acceptors (Lipinski definition) is 4. The van der Waals surface area contributed by atoms with E-state index >= 15 is 0 Å². The van der Waals surface area contributed by atoms with E-state index in [1.807, 2.05) is 30.0 Å². The van der Waals surface area contributed by atoms with Crippen LogP contribution in [-0.2, 0) is 4.79 Å². The number of ether oxygens (including phenoxy) is 1. The van der Waals surface area contributed by atoms with Crippen molar-refractivity contribution < 1.29 is 14.3 Å². The van der Waals surface area contributed by atoms with Crippen LogP contribution in [0.15, 0.2) is 42.5 Å². The Balaban J connectivity index is 1.69. The number of likely N-dealkylation sites (tertiary alicyclic amines) is 1. The molecule has 30 heavy (non-hydrogen) atoms. The van der Waals surface area contributed by atoms with E-state index in [2.05, 4.69) is 12.2 Å². The van der Waals surface area contributed by atoms with Crippen LogP contribution in [0.5, 0.6) is 5.75 Å². The second-order valence-electron chi connectivity index (χ2n) is 7.89. The molecule has 1 heterocycles. The van der Waals surface area contributed by atoms with Gasteiger partial charge in [-0.15, -0.1) is 0 Å². The lowest BCUT2D eigenvalue weighted by Gasteiger charge is -2.31. The molecule has 1 saturated heterocycles. The van der Waals surface area contributed by atoms with Gasteiger partial charge in [0.25, 0.3) is 11.8 Å². The lowest BCUT2D eigenvalue weighted by Crippen LogP contribution is -2.38. The zero-order valence-electron chi connectivity index (χ0n) is 17.7. The Morgan fingerprint density at radius 3 is 2.43 bits per heavy atom. The first kappa shape index (κ1) is 22.0. The van der Waals surface area contributed by atoms with E-state index in [1.54, 1.807) is 36.4 Å². The van der Waals surface area contributed by atoms with Crippen molar-refractivity contribution in [3.8, 4) is 5.75 Å². The fourth-order valence-electron chi connectivity index (χ4n) is 3.43. The molecule has 0 aromatic heterocycles. The molecule has 0 radical (unpaired) electrons. The summed E-state index contributed by atoms with van der Waals surface area (Å²) in [5.74, 6) is 0.910. The molecule has 2 aromatic carbocycles. The molecular formula is C23H28ClN3O3. The number of benzene rings is 2. The van der Waals surface area contributed by atoms with Gasteiger partial charge in [0.2, 0.25) is 0 Å². The van der Waals surface area contributed by atoms with Gasteiger partial charge in [-0.05, 0) is 61.2 Å². The molecule has 1 N–H and O–H groups in total. The minimum Gasteiger partial charge on any atom is -0.484 e. The number of amides is 2. The first-order chi connectivity index (χ1) is 14.3. The second-order valence-corrected chi connectivity index (χ2v) is 8.33. The Morgan fingerprint density at radius 1 is 1.13 bits per heavy atom. The first-order valence-corrected chi connectivity index (χ1v) is 10.5. The normalized spacial score (nSPS) is 14.3. The maximum absolute atomic E-state index is 13.2. The average molecular weight is 430 g/mol. The predicted molar refractivity (Wildman–Crippen MR) is 121 cm³/mol. The van der Waals surface area contributed by atoms with E-state index in [1.165, 1.54) is 0 Å². The van der Waals surface area contributed by atoms with Crippen molar-refractivity contribution in [3.63, 3.8) is 0 Å². The molecule has 7 heteroatoms. The fourth-order valence-corrected chi connectivity index (χ4v) is 3.56. The highest BCUT2D eigenvalue weighted by Crippen LogP contribution is 2.26. The quantitative estimate of drug-likeness (QED) is 0.743. The largest absolute Gasteiger partial charge is 0.484 e. The van der Waals surface area contributed by atoms with Gasteiger partial charge in [0, 0.05) is 43.6 Å². The van der Waals surface area contributed by atoms with Crippen LogP contribution in [0, 0.1) is 5.92 Å². The number of anilines is 2. The summed E-state index contributed by atoms with van der Waals surface area (Å²) in [6, 6.07) is 12.2. The number of nitrogens with zero attached hydrogens (tertiary/aromatic N) is 2. The average Bonchev–Trinajstić information content (AvgIpc) is 2.73. The minimum atomic E-state index is -0.298. The Hall–Kier alpha value is -2.73. The summed E-state index contributed by atoms with van der Waals surface area (Å²) in [6.07, 6.45) is 2.03. The van der Waals surface area contributed by atoms with Crippen LogP contribution >= 0.6 is 11.6 Å². The molecule has 1 aliphatic heterocycles. The molecule has 1 fully saturated rings. The van der Waals surface area contributed by atoms with Gasteiger partial charge in [0.15, 0.2) is 6.61 Å². The van der Waals surface area contributed by atoms with E-state index in [4.69, 9.17) is 16.3 Å². The zero-order valence-corrected chi connectivity index (χ0v) is 18.4. The lowest BCUT2D eigenvalue weighted by atomic mass is 9.98. The van der Waals surface area contributed by atoms with Gasteiger partial charge in [0.05, 0.1) is 5.56 Å². The monoisotopic (exact) mass is 429 g/mol. The summed E-state index contributed by atoms with van der Waals surface area (Å²) in [5.41, 5.74) is 1.99. The van der Waals surface area contributed by atoms with Crippen LogP contribution in [0.1, 0.15) is 30.1 Å². The van der Waals surface area contributed by atoms with Gasteiger partial charge in [0.1, 0.15) is 5.75 Å². The van der Waals surface area contributed by atoms with E-state index in [9.17, 15) is 9.59 Å². The summed E-state index contributed by atoms with van der Waals surface area (Å²) in [7, 11) is 3.81. The highest BCUT2D eigenvalue weighted by Gasteiger charge is 2.24. The summed E-state index contributed by atoms with van der Waals surface area (Å²) in [5, 5.41) is 3.42. The molecule has 6 nitrogen and oxygen atoms in total. The first-order valence-electron chi connectivity index (χ1n) is 10.1. The molecule has 2 amide bonds. The molecule has 160 valence electrons. The van der Waals surface area contributed by atoms with Crippen molar-refractivity contribution in [2.24, 2.45) is 5.92 Å². The molecule has 0 saturated carbocycles. The Kier molecular flexibility index (Phi) is 7.21. The van der Waals surface area contributed by atoms with Crippen molar-refractivity contribution in [1.82, 2.24) is 4.90 Å². The second kappa shape index (κ2) is 9.85. The van der Waals surface area contributed by atoms with E-state index < -0.39 is 0 Å². The van der Waals surface area contributed by atoms with Crippen LogP contribution in [0.3, 0.4) is 0 Å². The number of nitrogens with one attached hydrogen (secondary N) is 1. The van der Waals surface area contributed by atoms with Crippen molar-refractivity contribution in [1.29, 1.82) is 0 Å². The third-order valence-electron chi connectivity index (χ3n) is 5.25. The maximum Gasteiger partial charge on any atom is 0.262 e. The number of hydrogen-bond donors (Lipinski definition) is 1. The highest BCUT2D eigenvalue weighted by atomic mass is 35.5. The van der Waals surface area contributed by atoms with Gasteiger partial charge >= 0.3 is 0 Å². The zero-order chi connectivity index (χ0) is 21.7. The summed E-state index contributed by atoms with van der Waals surface area (Å²) in [4.78, 5) is 29.3. The van der Waals surface area contributed by atoms with Gasteiger partial charge in [-0.3, -0.25) is 9.59 Å². The Bertz CT molecular complexity index is 891. The van der Waals surface area contributed by atoms with E-state index in [0.717, 1.165) is 31.6 Å². The number of halogens is 1. The van der Waals surface area contributed by atoms with Gasteiger partial charge in [-0.2, -0.15) is 0 Å². The Morgan fingerprint density at radius 2 is 1.80 bits per heavy atom. The van der Waals surface area contributed by atoms with Crippen molar-refractivity contribution in [2.45, 2.75) is 19.8 Å². The van der Waals surface area contributed by atoms with Crippen LogP contribution in [0.2, 0.25) is 5.02 Å². The summed E-state index contributed by atoms with van der Waals surface area (Å²) >= 11 is 5.85. The standard InChI is InChI=1S/C23H28ClN3O3/c1-16-10-12-27(13-11-16)23(29)20-14-18(6-9-21(20)26(2)3)25-22(28)15-30-19-7-4-17(24)5-8-19/h4-9,14,16H,10-13,15H2,1-3H3,(H,25,28).